The molecule has 1 unspecified atom stereocenters. The van der Waals surface area contributed by atoms with Crippen molar-refractivity contribution in [1.82, 2.24) is 4.98 Å². The van der Waals surface area contributed by atoms with Crippen molar-refractivity contribution < 1.29 is 13.3 Å². The summed E-state index contributed by atoms with van der Waals surface area (Å²) in [6, 6.07) is 5.39. The molecule has 8 heteroatoms. The van der Waals surface area contributed by atoms with Gasteiger partial charge < -0.3 is 0 Å². The van der Waals surface area contributed by atoms with Crippen LogP contribution in [0.25, 0.3) is 10.9 Å². The number of non-ortho nitro benzene ring substituents is 1. The number of pyridine rings is 1. The summed E-state index contributed by atoms with van der Waals surface area (Å²) < 4.78 is 24.7. The molecule has 0 saturated carbocycles. The molecule has 106 valence electrons. The van der Waals surface area contributed by atoms with Crippen LogP contribution >= 0.6 is 11.6 Å². The Kier molecular flexibility index (Phi) is 3.92. The first-order valence-corrected chi connectivity index (χ1v) is 7.79. The highest BCUT2D eigenvalue weighted by Gasteiger charge is 2.27. The average molecular weight is 315 g/mol. The lowest BCUT2D eigenvalue weighted by atomic mass is 10.2. The first-order valence-electron chi connectivity index (χ1n) is 5.71. The summed E-state index contributed by atoms with van der Waals surface area (Å²) in [5, 5.41) is 10.4. The molecule has 0 radical (unpaired) electrons. The van der Waals surface area contributed by atoms with E-state index in [0.717, 1.165) is 0 Å². The number of fused-ring (bicyclic) bond motifs is 1. The number of benzene rings is 1. The summed E-state index contributed by atoms with van der Waals surface area (Å²) >= 11 is 5.61. The minimum atomic E-state index is -3.68. The second-order valence-electron chi connectivity index (χ2n) is 4.25. The van der Waals surface area contributed by atoms with Crippen molar-refractivity contribution >= 4 is 38.0 Å². The lowest BCUT2D eigenvalue weighted by molar-refractivity contribution is -0.383. The molecule has 2 rings (SSSR count). The highest BCUT2D eigenvalue weighted by molar-refractivity contribution is 7.92. The van der Waals surface area contributed by atoms with E-state index in [-0.39, 0.29) is 27.4 Å². The molecule has 0 amide bonds. The van der Waals surface area contributed by atoms with Gasteiger partial charge in [-0.25, -0.2) is 8.42 Å². The molecule has 0 spiro atoms. The molecule has 0 bridgehead atoms. The van der Waals surface area contributed by atoms with Crippen molar-refractivity contribution in [2.45, 2.75) is 17.1 Å². The van der Waals surface area contributed by atoms with Crippen LogP contribution in [0.5, 0.6) is 0 Å². The summed E-state index contributed by atoms with van der Waals surface area (Å²) in [6.07, 6.45) is 1.40. The van der Waals surface area contributed by atoms with E-state index in [2.05, 4.69) is 4.98 Å². The van der Waals surface area contributed by atoms with Gasteiger partial charge in [-0.3, -0.25) is 15.1 Å². The minimum Gasteiger partial charge on any atom is -0.258 e. The molecule has 0 aliphatic heterocycles. The zero-order valence-corrected chi connectivity index (χ0v) is 12.1. The third-order valence-corrected chi connectivity index (χ3v) is 5.77. The van der Waals surface area contributed by atoms with E-state index in [4.69, 9.17) is 11.6 Å². The van der Waals surface area contributed by atoms with Crippen molar-refractivity contribution in [2.75, 3.05) is 5.88 Å². The average Bonchev–Trinajstić information content (AvgIpc) is 2.44. The van der Waals surface area contributed by atoms with Gasteiger partial charge in [0, 0.05) is 18.1 Å². The SMILES string of the molecule is CC(CCl)S(=O)(=O)c1ccc([N+](=O)[O-])c2cccnc12. The highest BCUT2D eigenvalue weighted by atomic mass is 35.5. The maximum atomic E-state index is 12.4. The van der Waals surface area contributed by atoms with Crippen LogP contribution in [0.3, 0.4) is 0 Å². The Bertz CT molecular complexity index is 776. The van der Waals surface area contributed by atoms with E-state index < -0.39 is 20.0 Å². The molecule has 6 nitrogen and oxygen atoms in total. The maximum absolute atomic E-state index is 12.4. The Morgan fingerprint density at radius 1 is 1.40 bits per heavy atom. The summed E-state index contributed by atoms with van der Waals surface area (Å²) in [5.41, 5.74) is -0.0794. The zero-order valence-electron chi connectivity index (χ0n) is 10.5. The second kappa shape index (κ2) is 5.34. The van der Waals surface area contributed by atoms with Crippen molar-refractivity contribution in [2.24, 2.45) is 0 Å². The van der Waals surface area contributed by atoms with Crippen LogP contribution < -0.4 is 0 Å². The van der Waals surface area contributed by atoms with Crippen molar-refractivity contribution in [1.29, 1.82) is 0 Å². The Morgan fingerprint density at radius 3 is 2.70 bits per heavy atom. The summed E-state index contributed by atoms with van der Waals surface area (Å²) in [6.45, 7) is 1.48. The van der Waals surface area contributed by atoms with Gasteiger partial charge in [0.15, 0.2) is 9.84 Å². The smallest absolute Gasteiger partial charge is 0.258 e. The van der Waals surface area contributed by atoms with Gasteiger partial charge in [-0.05, 0) is 25.1 Å². The number of halogens is 1. The van der Waals surface area contributed by atoms with E-state index in [1.54, 1.807) is 0 Å². The predicted molar refractivity (Wildman–Crippen MR) is 75.8 cm³/mol. The Morgan fingerprint density at radius 2 is 2.10 bits per heavy atom. The molecule has 0 fully saturated rings. The van der Waals surface area contributed by atoms with E-state index >= 15 is 0 Å². The van der Waals surface area contributed by atoms with Gasteiger partial charge in [0.25, 0.3) is 5.69 Å². The van der Waals surface area contributed by atoms with Crippen LogP contribution in [-0.2, 0) is 9.84 Å². The molecule has 20 heavy (non-hydrogen) atoms. The van der Waals surface area contributed by atoms with Gasteiger partial charge >= 0.3 is 0 Å². The van der Waals surface area contributed by atoms with E-state index in [9.17, 15) is 18.5 Å². The molecule has 0 aliphatic rings. The number of alkyl halides is 1. The Labute approximate surface area is 120 Å². The third-order valence-electron chi connectivity index (χ3n) is 2.96. The van der Waals surface area contributed by atoms with E-state index in [1.165, 1.54) is 37.4 Å². The largest absolute Gasteiger partial charge is 0.278 e. The Balaban J connectivity index is 2.82. The predicted octanol–water partition coefficient (Wildman–Crippen LogP) is 2.54. The van der Waals surface area contributed by atoms with Crippen LogP contribution in [-0.4, -0.2) is 29.5 Å². The van der Waals surface area contributed by atoms with Crippen LogP contribution in [0.1, 0.15) is 6.92 Å². The lowest BCUT2D eigenvalue weighted by Gasteiger charge is -2.11. The van der Waals surface area contributed by atoms with Gasteiger partial charge in [0.2, 0.25) is 0 Å². The molecular formula is C12H11ClN2O4S. The standard InChI is InChI=1S/C12H11ClN2O4S/c1-8(7-13)20(18,19)11-5-4-10(15(16)17)9-3-2-6-14-12(9)11/h2-6,8H,7H2,1H3. The number of hydrogen-bond donors (Lipinski definition) is 0. The molecule has 0 aliphatic carbocycles. The molecule has 1 aromatic heterocycles. The van der Waals surface area contributed by atoms with Gasteiger partial charge in [-0.15, -0.1) is 11.6 Å². The molecule has 2 aromatic rings. The van der Waals surface area contributed by atoms with Crippen LogP contribution in [0, 0.1) is 10.1 Å². The molecule has 1 aromatic carbocycles. The molecule has 0 N–H and O–H groups in total. The first kappa shape index (κ1) is 14.7. The fourth-order valence-electron chi connectivity index (χ4n) is 1.82. The summed E-state index contributed by atoms with van der Waals surface area (Å²) in [7, 11) is -3.68. The molecule has 1 atom stereocenters. The zero-order chi connectivity index (χ0) is 14.9. The third kappa shape index (κ3) is 2.34. The van der Waals surface area contributed by atoms with Gasteiger partial charge in [0.1, 0.15) is 0 Å². The normalized spacial score (nSPS) is 13.3. The first-order chi connectivity index (χ1) is 9.39. The van der Waals surface area contributed by atoms with Gasteiger partial charge in [-0.1, -0.05) is 0 Å². The van der Waals surface area contributed by atoms with Crippen LogP contribution in [0.4, 0.5) is 5.69 Å². The van der Waals surface area contributed by atoms with Crippen LogP contribution in [0.15, 0.2) is 35.4 Å². The molecular weight excluding hydrogens is 304 g/mol. The van der Waals surface area contributed by atoms with Gasteiger partial charge in [-0.2, -0.15) is 0 Å². The summed E-state index contributed by atoms with van der Waals surface area (Å²) in [5.74, 6) is -0.0619. The fourth-order valence-corrected chi connectivity index (χ4v) is 3.61. The Hall–Kier alpha value is -1.73. The van der Waals surface area contributed by atoms with Gasteiger partial charge in [0.05, 0.1) is 26.0 Å². The number of hydrogen-bond acceptors (Lipinski definition) is 5. The van der Waals surface area contributed by atoms with Crippen molar-refractivity contribution in [3.63, 3.8) is 0 Å². The number of nitrogens with zero attached hydrogens (tertiary/aromatic N) is 2. The van der Waals surface area contributed by atoms with Crippen molar-refractivity contribution in [3.8, 4) is 0 Å². The quantitative estimate of drug-likeness (QED) is 0.491. The highest BCUT2D eigenvalue weighted by Crippen LogP contribution is 2.31. The van der Waals surface area contributed by atoms with E-state index in [0.29, 0.717) is 0 Å². The molecule has 1 heterocycles. The topological polar surface area (TPSA) is 90.2 Å². The number of nitro groups is 1. The second-order valence-corrected chi connectivity index (χ2v) is 6.89. The van der Waals surface area contributed by atoms with E-state index in [1.807, 2.05) is 0 Å². The number of sulfone groups is 1. The summed E-state index contributed by atoms with van der Waals surface area (Å²) in [4.78, 5) is 14.4. The minimum absolute atomic E-state index is 0.0353. The fraction of sp³-hybridized carbons (Fsp3) is 0.250. The number of aromatic nitrogens is 1. The molecule has 0 saturated heterocycles. The lowest BCUT2D eigenvalue weighted by Crippen LogP contribution is -2.20. The number of rotatable bonds is 4. The van der Waals surface area contributed by atoms with Crippen LogP contribution in [0.2, 0.25) is 0 Å². The number of nitro benzene ring substituents is 1. The van der Waals surface area contributed by atoms with Crippen molar-refractivity contribution in [3.05, 3.63) is 40.6 Å². The monoisotopic (exact) mass is 314 g/mol. The maximum Gasteiger partial charge on any atom is 0.278 e.